The molecule has 0 saturated heterocycles. The minimum atomic E-state index is -0.826. The molecule has 0 fully saturated rings. The van der Waals surface area contributed by atoms with Crippen LogP contribution in [0.5, 0.6) is 0 Å². The highest BCUT2D eigenvalue weighted by Crippen LogP contribution is 2.17. The first-order valence-electron chi connectivity index (χ1n) is 6.93. The highest BCUT2D eigenvalue weighted by atomic mass is 16.4. The number of carbonyl (C=O) groups is 1. The average molecular weight is 287 g/mol. The van der Waals surface area contributed by atoms with Gasteiger partial charge in [0.1, 0.15) is 0 Å². The lowest BCUT2D eigenvalue weighted by Gasteiger charge is -2.33. The normalized spacial score (nSPS) is 11.8. The standard InChI is InChI=1S/C16H21N3O2/c1-16(2,3)18(12-15(20)21)11-13-9-10-19(17-13)14-7-5-4-6-8-14/h4-10H,11-12H2,1-3H3,(H,20,21). The van der Waals surface area contributed by atoms with Crippen molar-refractivity contribution in [3.05, 3.63) is 48.3 Å². The molecule has 5 nitrogen and oxygen atoms in total. The number of rotatable bonds is 5. The van der Waals surface area contributed by atoms with Crippen LogP contribution in [0.15, 0.2) is 42.6 Å². The van der Waals surface area contributed by atoms with Crippen molar-refractivity contribution in [2.75, 3.05) is 6.54 Å². The van der Waals surface area contributed by atoms with Crippen molar-refractivity contribution in [3.8, 4) is 5.69 Å². The number of aliphatic carboxylic acids is 1. The number of carboxylic acid groups (broad SMARTS) is 1. The maximum atomic E-state index is 11.0. The van der Waals surface area contributed by atoms with Gasteiger partial charge in [-0.15, -0.1) is 0 Å². The van der Waals surface area contributed by atoms with Gasteiger partial charge in [-0.3, -0.25) is 9.69 Å². The predicted molar refractivity (Wildman–Crippen MR) is 81.4 cm³/mol. The van der Waals surface area contributed by atoms with E-state index in [1.807, 2.05) is 68.3 Å². The molecule has 21 heavy (non-hydrogen) atoms. The summed E-state index contributed by atoms with van der Waals surface area (Å²) in [5.41, 5.74) is 1.62. The lowest BCUT2D eigenvalue weighted by Crippen LogP contribution is -2.43. The molecular formula is C16H21N3O2. The predicted octanol–water partition coefficient (Wildman–Crippen LogP) is 2.56. The molecule has 0 bridgehead atoms. The van der Waals surface area contributed by atoms with E-state index in [1.54, 1.807) is 4.68 Å². The minimum Gasteiger partial charge on any atom is -0.480 e. The van der Waals surface area contributed by atoms with E-state index < -0.39 is 5.97 Å². The third-order valence-corrected chi connectivity index (χ3v) is 3.29. The second-order valence-corrected chi connectivity index (χ2v) is 6.01. The van der Waals surface area contributed by atoms with E-state index in [9.17, 15) is 4.79 Å². The number of nitrogens with zero attached hydrogens (tertiary/aromatic N) is 3. The highest BCUT2D eigenvalue weighted by molar-refractivity contribution is 5.69. The molecular weight excluding hydrogens is 266 g/mol. The van der Waals surface area contributed by atoms with Crippen molar-refractivity contribution in [2.45, 2.75) is 32.9 Å². The number of aromatic nitrogens is 2. The zero-order valence-corrected chi connectivity index (χ0v) is 12.7. The van der Waals surface area contributed by atoms with Gasteiger partial charge in [-0.1, -0.05) is 18.2 Å². The van der Waals surface area contributed by atoms with E-state index in [0.29, 0.717) is 6.54 Å². The lowest BCUT2D eigenvalue weighted by molar-refractivity contribution is -0.139. The summed E-state index contributed by atoms with van der Waals surface area (Å²) < 4.78 is 1.80. The second kappa shape index (κ2) is 6.10. The van der Waals surface area contributed by atoms with Crippen LogP contribution in [0.4, 0.5) is 0 Å². The molecule has 2 rings (SSSR count). The molecule has 112 valence electrons. The van der Waals surface area contributed by atoms with Crippen LogP contribution < -0.4 is 0 Å². The van der Waals surface area contributed by atoms with E-state index in [2.05, 4.69) is 5.10 Å². The van der Waals surface area contributed by atoms with Gasteiger partial charge in [-0.2, -0.15) is 5.10 Å². The van der Waals surface area contributed by atoms with Crippen molar-refractivity contribution >= 4 is 5.97 Å². The van der Waals surface area contributed by atoms with Crippen LogP contribution in [0.2, 0.25) is 0 Å². The van der Waals surface area contributed by atoms with Gasteiger partial charge in [0.25, 0.3) is 0 Å². The first-order valence-corrected chi connectivity index (χ1v) is 6.93. The highest BCUT2D eigenvalue weighted by Gasteiger charge is 2.24. The summed E-state index contributed by atoms with van der Waals surface area (Å²) in [5.74, 6) is -0.826. The molecule has 0 saturated carbocycles. The first kappa shape index (κ1) is 15.3. The van der Waals surface area contributed by atoms with Crippen molar-refractivity contribution < 1.29 is 9.90 Å². The maximum Gasteiger partial charge on any atom is 0.317 e. The Bertz CT molecular complexity index is 599. The Morgan fingerprint density at radius 2 is 1.90 bits per heavy atom. The number of hydrogen-bond donors (Lipinski definition) is 1. The molecule has 0 aliphatic rings. The number of hydrogen-bond acceptors (Lipinski definition) is 3. The van der Waals surface area contributed by atoms with Gasteiger partial charge < -0.3 is 5.11 Å². The Morgan fingerprint density at radius 3 is 2.48 bits per heavy atom. The summed E-state index contributed by atoms with van der Waals surface area (Å²) in [4.78, 5) is 12.9. The summed E-state index contributed by atoms with van der Waals surface area (Å²) in [5, 5.41) is 13.6. The third kappa shape index (κ3) is 4.16. The Hall–Kier alpha value is -2.14. The summed E-state index contributed by atoms with van der Waals surface area (Å²) in [6, 6.07) is 11.8. The largest absolute Gasteiger partial charge is 0.480 e. The molecule has 5 heteroatoms. The van der Waals surface area contributed by atoms with Crippen LogP contribution in [0.25, 0.3) is 5.69 Å². The fourth-order valence-electron chi connectivity index (χ4n) is 2.06. The van der Waals surface area contributed by atoms with Crippen molar-refractivity contribution in [1.29, 1.82) is 0 Å². The fourth-order valence-corrected chi connectivity index (χ4v) is 2.06. The second-order valence-electron chi connectivity index (χ2n) is 6.01. The quantitative estimate of drug-likeness (QED) is 0.918. The van der Waals surface area contributed by atoms with E-state index in [-0.39, 0.29) is 12.1 Å². The lowest BCUT2D eigenvalue weighted by atomic mass is 10.1. The van der Waals surface area contributed by atoms with E-state index in [4.69, 9.17) is 5.11 Å². The van der Waals surface area contributed by atoms with Crippen LogP contribution in [0.3, 0.4) is 0 Å². The average Bonchev–Trinajstić information content (AvgIpc) is 2.86. The van der Waals surface area contributed by atoms with Crippen molar-refractivity contribution in [3.63, 3.8) is 0 Å². The van der Waals surface area contributed by atoms with E-state index in [1.165, 1.54) is 0 Å². The Morgan fingerprint density at radius 1 is 1.24 bits per heavy atom. The molecule has 0 unspecified atom stereocenters. The smallest absolute Gasteiger partial charge is 0.317 e. The SMILES string of the molecule is CC(C)(C)N(CC(=O)O)Cc1ccn(-c2ccccc2)n1. The molecule has 1 N–H and O–H groups in total. The van der Waals surface area contributed by atoms with Gasteiger partial charge in [0, 0.05) is 18.3 Å². The summed E-state index contributed by atoms with van der Waals surface area (Å²) in [6.07, 6.45) is 1.90. The third-order valence-electron chi connectivity index (χ3n) is 3.29. The number of carboxylic acids is 1. The molecule has 0 spiro atoms. The van der Waals surface area contributed by atoms with Crippen molar-refractivity contribution in [1.82, 2.24) is 14.7 Å². The van der Waals surface area contributed by atoms with Crippen LogP contribution in [0.1, 0.15) is 26.5 Å². The molecule has 1 aromatic heterocycles. The van der Waals surface area contributed by atoms with Crippen LogP contribution >= 0.6 is 0 Å². The molecule has 1 heterocycles. The molecule has 2 aromatic rings. The molecule has 0 atom stereocenters. The van der Waals surface area contributed by atoms with Crippen LogP contribution in [0, 0.1) is 0 Å². The molecule has 0 radical (unpaired) electrons. The van der Waals surface area contributed by atoms with E-state index in [0.717, 1.165) is 11.4 Å². The zero-order chi connectivity index (χ0) is 15.5. The fraction of sp³-hybridized carbons (Fsp3) is 0.375. The number of para-hydroxylation sites is 1. The monoisotopic (exact) mass is 287 g/mol. The zero-order valence-electron chi connectivity index (χ0n) is 12.7. The maximum absolute atomic E-state index is 11.0. The van der Waals surface area contributed by atoms with Gasteiger partial charge in [0.15, 0.2) is 0 Å². The molecule has 0 amide bonds. The van der Waals surface area contributed by atoms with Gasteiger partial charge in [0.05, 0.1) is 17.9 Å². The minimum absolute atomic E-state index is 0.00168. The Balaban J connectivity index is 2.15. The topological polar surface area (TPSA) is 58.4 Å². The Labute approximate surface area is 124 Å². The van der Waals surface area contributed by atoms with Gasteiger partial charge in [-0.25, -0.2) is 4.68 Å². The van der Waals surface area contributed by atoms with E-state index >= 15 is 0 Å². The molecule has 0 aliphatic heterocycles. The summed E-state index contributed by atoms with van der Waals surface area (Å²) >= 11 is 0. The summed E-state index contributed by atoms with van der Waals surface area (Å²) in [7, 11) is 0. The van der Waals surface area contributed by atoms with Gasteiger partial charge >= 0.3 is 5.97 Å². The molecule has 1 aromatic carbocycles. The number of benzene rings is 1. The first-order chi connectivity index (χ1) is 9.86. The van der Waals surface area contributed by atoms with Crippen LogP contribution in [-0.4, -0.2) is 37.8 Å². The molecule has 0 aliphatic carbocycles. The van der Waals surface area contributed by atoms with Gasteiger partial charge in [0.2, 0.25) is 0 Å². The van der Waals surface area contributed by atoms with Crippen LogP contribution in [-0.2, 0) is 11.3 Å². The Kier molecular flexibility index (Phi) is 4.43. The van der Waals surface area contributed by atoms with Gasteiger partial charge in [-0.05, 0) is 39.0 Å². The van der Waals surface area contributed by atoms with Crippen molar-refractivity contribution in [2.24, 2.45) is 0 Å². The summed E-state index contributed by atoms with van der Waals surface area (Å²) in [6.45, 7) is 6.52.